The number of aliphatic hydroxyl groups is 1. The maximum absolute atomic E-state index is 12.3. The average Bonchev–Trinajstić information content (AvgIpc) is 2.79. The Labute approximate surface area is 119 Å². The number of rotatable bonds is 4. The summed E-state index contributed by atoms with van der Waals surface area (Å²) < 4.78 is 0. The minimum absolute atomic E-state index is 0.0568. The van der Waals surface area contributed by atoms with Gasteiger partial charge in [-0.3, -0.25) is 14.5 Å². The molecule has 6 nitrogen and oxygen atoms in total. The van der Waals surface area contributed by atoms with Crippen molar-refractivity contribution >= 4 is 11.9 Å². The predicted molar refractivity (Wildman–Crippen MR) is 73.2 cm³/mol. The van der Waals surface area contributed by atoms with Gasteiger partial charge in [0.1, 0.15) is 0 Å². The summed E-state index contributed by atoms with van der Waals surface area (Å²) in [6.45, 7) is 4.45. The third-order valence-electron chi connectivity index (χ3n) is 4.72. The molecule has 2 atom stereocenters. The summed E-state index contributed by atoms with van der Waals surface area (Å²) in [6, 6.07) is 0.0792. The molecule has 0 aromatic heterocycles. The van der Waals surface area contributed by atoms with Crippen LogP contribution in [-0.2, 0) is 9.59 Å². The van der Waals surface area contributed by atoms with Gasteiger partial charge < -0.3 is 15.1 Å². The molecule has 0 aliphatic carbocycles. The van der Waals surface area contributed by atoms with Gasteiger partial charge in [0.05, 0.1) is 19.1 Å². The number of carboxylic acid groups (broad SMARTS) is 1. The van der Waals surface area contributed by atoms with E-state index < -0.39 is 5.97 Å². The first-order valence-corrected chi connectivity index (χ1v) is 7.38. The van der Waals surface area contributed by atoms with Crippen molar-refractivity contribution in [2.24, 2.45) is 11.8 Å². The fourth-order valence-corrected chi connectivity index (χ4v) is 3.23. The van der Waals surface area contributed by atoms with Crippen molar-refractivity contribution in [1.29, 1.82) is 0 Å². The summed E-state index contributed by atoms with van der Waals surface area (Å²) in [4.78, 5) is 27.0. The first-order chi connectivity index (χ1) is 9.52. The lowest BCUT2D eigenvalue weighted by Crippen LogP contribution is -2.47. The molecule has 2 N–H and O–H groups in total. The van der Waals surface area contributed by atoms with E-state index in [9.17, 15) is 14.7 Å². The van der Waals surface area contributed by atoms with Crippen LogP contribution < -0.4 is 0 Å². The molecule has 0 radical (unpaired) electrons. The summed E-state index contributed by atoms with van der Waals surface area (Å²) >= 11 is 0. The predicted octanol–water partition coefficient (Wildman–Crippen LogP) is 0.0123. The maximum atomic E-state index is 12.3. The molecule has 0 saturated carbocycles. The first kappa shape index (κ1) is 15.3. The maximum Gasteiger partial charge on any atom is 0.306 e. The zero-order valence-corrected chi connectivity index (χ0v) is 12.0. The fourth-order valence-electron chi connectivity index (χ4n) is 3.23. The topological polar surface area (TPSA) is 81.1 Å². The Morgan fingerprint density at radius 3 is 2.35 bits per heavy atom. The number of aliphatic carboxylic acids is 1. The number of piperidine rings is 1. The van der Waals surface area contributed by atoms with Gasteiger partial charge in [0.2, 0.25) is 5.91 Å². The number of hydrogen-bond donors (Lipinski definition) is 2. The van der Waals surface area contributed by atoms with Crippen LogP contribution in [0.1, 0.15) is 26.2 Å². The lowest BCUT2D eigenvalue weighted by atomic mass is 9.97. The van der Waals surface area contributed by atoms with Crippen LogP contribution in [0.15, 0.2) is 0 Å². The molecule has 2 rings (SSSR count). The van der Waals surface area contributed by atoms with E-state index in [-0.39, 0.29) is 24.5 Å². The first-order valence-electron chi connectivity index (χ1n) is 7.38. The summed E-state index contributed by atoms with van der Waals surface area (Å²) in [7, 11) is 0. The van der Waals surface area contributed by atoms with Crippen molar-refractivity contribution in [1.82, 2.24) is 9.80 Å². The SMILES string of the molecule is CC1CCN(CC(=O)N2CCC(C(=O)O)CC2)C1CO. The highest BCUT2D eigenvalue weighted by molar-refractivity contribution is 5.79. The smallest absolute Gasteiger partial charge is 0.306 e. The average molecular weight is 284 g/mol. The molecule has 6 heteroatoms. The van der Waals surface area contributed by atoms with Crippen molar-refractivity contribution < 1.29 is 19.8 Å². The van der Waals surface area contributed by atoms with Crippen molar-refractivity contribution in [2.45, 2.75) is 32.2 Å². The van der Waals surface area contributed by atoms with Crippen LogP contribution in [0.25, 0.3) is 0 Å². The van der Waals surface area contributed by atoms with Gasteiger partial charge >= 0.3 is 5.97 Å². The van der Waals surface area contributed by atoms with Crippen molar-refractivity contribution in [3.05, 3.63) is 0 Å². The zero-order valence-electron chi connectivity index (χ0n) is 12.0. The van der Waals surface area contributed by atoms with E-state index in [2.05, 4.69) is 11.8 Å². The monoisotopic (exact) mass is 284 g/mol. The van der Waals surface area contributed by atoms with Crippen molar-refractivity contribution in [2.75, 3.05) is 32.8 Å². The highest BCUT2D eigenvalue weighted by Crippen LogP contribution is 2.24. The van der Waals surface area contributed by atoms with Gasteiger partial charge in [-0.05, 0) is 31.7 Å². The van der Waals surface area contributed by atoms with Gasteiger partial charge in [-0.1, -0.05) is 6.92 Å². The molecule has 0 bridgehead atoms. The number of aliphatic hydroxyl groups excluding tert-OH is 1. The molecule has 2 unspecified atom stereocenters. The van der Waals surface area contributed by atoms with E-state index in [1.807, 2.05) is 0 Å². The quantitative estimate of drug-likeness (QED) is 0.760. The van der Waals surface area contributed by atoms with Crippen LogP contribution >= 0.6 is 0 Å². The Balaban J connectivity index is 1.82. The number of hydrogen-bond acceptors (Lipinski definition) is 4. The highest BCUT2D eigenvalue weighted by Gasteiger charge is 2.33. The minimum atomic E-state index is -0.759. The van der Waals surface area contributed by atoms with Crippen LogP contribution in [0, 0.1) is 11.8 Å². The van der Waals surface area contributed by atoms with E-state index in [0.717, 1.165) is 13.0 Å². The molecule has 1 amide bonds. The number of carbonyl (C=O) groups excluding carboxylic acids is 1. The number of nitrogens with zero attached hydrogens (tertiary/aromatic N) is 2. The third-order valence-corrected chi connectivity index (χ3v) is 4.72. The Morgan fingerprint density at radius 1 is 1.15 bits per heavy atom. The Bertz CT molecular complexity index is 366. The summed E-state index contributed by atoms with van der Waals surface area (Å²) in [5, 5.41) is 18.3. The van der Waals surface area contributed by atoms with Gasteiger partial charge in [-0.25, -0.2) is 0 Å². The van der Waals surface area contributed by atoms with E-state index in [4.69, 9.17) is 5.11 Å². The molecule has 2 aliphatic rings. The fraction of sp³-hybridized carbons (Fsp3) is 0.857. The molecule has 114 valence electrons. The van der Waals surface area contributed by atoms with Crippen molar-refractivity contribution in [3.8, 4) is 0 Å². The second-order valence-electron chi connectivity index (χ2n) is 5.98. The second kappa shape index (κ2) is 6.54. The molecule has 2 saturated heterocycles. The van der Waals surface area contributed by atoms with Gasteiger partial charge in [0, 0.05) is 19.1 Å². The molecule has 0 aromatic carbocycles. The van der Waals surface area contributed by atoms with Gasteiger partial charge in [-0.15, -0.1) is 0 Å². The molecule has 0 aromatic rings. The third kappa shape index (κ3) is 3.30. The van der Waals surface area contributed by atoms with E-state index in [0.29, 0.717) is 38.4 Å². The summed E-state index contributed by atoms with van der Waals surface area (Å²) in [6.07, 6.45) is 2.10. The summed E-state index contributed by atoms with van der Waals surface area (Å²) in [5.74, 6) is -0.589. The molecular weight excluding hydrogens is 260 g/mol. The van der Waals surface area contributed by atoms with Gasteiger partial charge in [0.15, 0.2) is 0 Å². The number of carbonyl (C=O) groups is 2. The normalized spacial score (nSPS) is 28.8. The molecule has 2 aliphatic heterocycles. The lowest BCUT2D eigenvalue weighted by Gasteiger charge is -2.32. The van der Waals surface area contributed by atoms with E-state index in [1.165, 1.54) is 0 Å². The molecular formula is C14H24N2O4. The van der Waals surface area contributed by atoms with Crippen LogP contribution in [0.4, 0.5) is 0 Å². The zero-order chi connectivity index (χ0) is 14.7. The standard InChI is InChI=1S/C14H24N2O4/c1-10-2-5-16(12(10)9-17)8-13(18)15-6-3-11(4-7-15)14(19)20/h10-12,17H,2-9H2,1H3,(H,19,20). The summed E-state index contributed by atoms with van der Waals surface area (Å²) in [5.41, 5.74) is 0. The molecule has 20 heavy (non-hydrogen) atoms. The molecule has 2 heterocycles. The van der Waals surface area contributed by atoms with Crippen LogP contribution in [0.5, 0.6) is 0 Å². The minimum Gasteiger partial charge on any atom is -0.481 e. The number of carboxylic acids is 1. The van der Waals surface area contributed by atoms with Crippen LogP contribution in [0.3, 0.4) is 0 Å². The van der Waals surface area contributed by atoms with Crippen LogP contribution in [0.2, 0.25) is 0 Å². The Morgan fingerprint density at radius 2 is 1.80 bits per heavy atom. The lowest BCUT2D eigenvalue weighted by molar-refractivity contribution is -0.146. The highest BCUT2D eigenvalue weighted by atomic mass is 16.4. The number of amides is 1. The van der Waals surface area contributed by atoms with E-state index in [1.54, 1.807) is 4.90 Å². The second-order valence-corrected chi connectivity index (χ2v) is 5.98. The largest absolute Gasteiger partial charge is 0.481 e. The van der Waals surface area contributed by atoms with Crippen molar-refractivity contribution in [3.63, 3.8) is 0 Å². The van der Waals surface area contributed by atoms with Gasteiger partial charge in [0.25, 0.3) is 0 Å². The Kier molecular flexibility index (Phi) is 4.99. The Hall–Kier alpha value is -1.14. The molecule has 2 fully saturated rings. The molecule has 0 spiro atoms. The number of likely N-dealkylation sites (tertiary alicyclic amines) is 2. The van der Waals surface area contributed by atoms with Crippen LogP contribution in [-0.4, -0.2) is 70.7 Å². The van der Waals surface area contributed by atoms with E-state index >= 15 is 0 Å². The van der Waals surface area contributed by atoms with Gasteiger partial charge in [-0.2, -0.15) is 0 Å².